The summed E-state index contributed by atoms with van der Waals surface area (Å²) in [6, 6.07) is 7.31. The van der Waals surface area contributed by atoms with Gasteiger partial charge in [-0.05, 0) is 57.4 Å². The zero-order chi connectivity index (χ0) is 19.5. The average Bonchev–Trinajstić information content (AvgIpc) is 3.06. The predicted octanol–water partition coefficient (Wildman–Crippen LogP) is 4.17. The Hall–Kier alpha value is -3.09. The minimum Gasteiger partial charge on any atom is -0.494 e. The number of hydrogen-bond donors (Lipinski definition) is 1. The van der Waals surface area contributed by atoms with E-state index in [0.717, 1.165) is 37.5 Å². The summed E-state index contributed by atoms with van der Waals surface area (Å²) in [7, 11) is 0. The van der Waals surface area contributed by atoms with E-state index in [1.165, 1.54) is 12.7 Å². The van der Waals surface area contributed by atoms with E-state index in [2.05, 4.69) is 20.2 Å². The molecule has 0 radical (unpaired) electrons. The number of nitrogens with one attached hydrogen (secondary N) is 1. The van der Waals surface area contributed by atoms with Gasteiger partial charge in [-0.25, -0.2) is 9.97 Å². The van der Waals surface area contributed by atoms with Gasteiger partial charge >= 0.3 is 0 Å². The molecule has 2 aromatic heterocycles. The molecule has 1 N–H and O–H groups in total. The number of ether oxygens (including phenoxy) is 1. The van der Waals surface area contributed by atoms with Crippen LogP contribution in [0.15, 0.2) is 35.0 Å². The standard InChI is InChI=1S/C21H24N4O3/c1-3-27-16-9-7-15(8-10-16)24-20(26)17-14(2)28-21-18(17)19(22-13-23-21)25-11-5-4-6-12-25/h7-10,13H,3-6,11-12H2,1-2H3,(H,24,26). The topological polar surface area (TPSA) is 80.5 Å². The summed E-state index contributed by atoms with van der Waals surface area (Å²) in [4.78, 5) is 24.0. The van der Waals surface area contributed by atoms with E-state index < -0.39 is 0 Å². The molecule has 0 saturated carbocycles. The number of benzene rings is 1. The molecule has 1 aromatic carbocycles. The fraction of sp³-hybridized carbons (Fsp3) is 0.381. The first-order chi connectivity index (χ1) is 13.7. The third-order valence-electron chi connectivity index (χ3n) is 4.95. The van der Waals surface area contributed by atoms with Gasteiger partial charge in [0.15, 0.2) is 0 Å². The first-order valence-corrected chi connectivity index (χ1v) is 9.70. The second-order valence-corrected chi connectivity index (χ2v) is 6.87. The maximum absolute atomic E-state index is 13.1. The zero-order valence-corrected chi connectivity index (χ0v) is 16.2. The number of anilines is 2. The van der Waals surface area contributed by atoms with Crippen molar-refractivity contribution < 1.29 is 13.9 Å². The first-order valence-electron chi connectivity index (χ1n) is 9.70. The molecule has 1 amide bonds. The van der Waals surface area contributed by atoms with Gasteiger partial charge in [0.25, 0.3) is 5.91 Å². The molecule has 0 spiro atoms. The normalized spacial score (nSPS) is 14.3. The highest BCUT2D eigenvalue weighted by molar-refractivity contribution is 6.15. The number of nitrogens with zero attached hydrogens (tertiary/aromatic N) is 3. The number of fused-ring (bicyclic) bond motifs is 1. The predicted molar refractivity (Wildman–Crippen MR) is 108 cm³/mol. The molecule has 28 heavy (non-hydrogen) atoms. The Balaban J connectivity index is 1.67. The van der Waals surface area contributed by atoms with Crippen molar-refractivity contribution in [3.63, 3.8) is 0 Å². The maximum atomic E-state index is 13.1. The number of carbonyl (C=O) groups is 1. The van der Waals surface area contributed by atoms with Gasteiger partial charge < -0.3 is 19.4 Å². The molecular formula is C21H24N4O3. The third kappa shape index (κ3) is 3.52. The van der Waals surface area contributed by atoms with Gasteiger partial charge in [-0.3, -0.25) is 4.79 Å². The van der Waals surface area contributed by atoms with Crippen molar-refractivity contribution in [2.24, 2.45) is 0 Å². The molecule has 1 saturated heterocycles. The molecule has 0 bridgehead atoms. The number of amides is 1. The van der Waals surface area contributed by atoms with Crippen LogP contribution in [0.2, 0.25) is 0 Å². The highest BCUT2D eigenvalue weighted by atomic mass is 16.5. The fourth-order valence-corrected chi connectivity index (χ4v) is 3.64. The quantitative estimate of drug-likeness (QED) is 0.715. The van der Waals surface area contributed by atoms with Crippen LogP contribution in [-0.2, 0) is 0 Å². The van der Waals surface area contributed by atoms with Gasteiger partial charge in [-0.15, -0.1) is 0 Å². The summed E-state index contributed by atoms with van der Waals surface area (Å²) in [5, 5.41) is 3.63. The minimum atomic E-state index is -0.228. The molecule has 3 aromatic rings. The van der Waals surface area contributed by atoms with E-state index in [9.17, 15) is 4.79 Å². The summed E-state index contributed by atoms with van der Waals surface area (Å²) >= 11 is 0. The molecular weight excluding hydrogens is 356 g/mol. The summed E-state index contributed by atoms with van der Waals surface area (Å²) in [5.41, 5.74) is 1.63. The van der Waals surface area contributed by atoms with Crippen LogP contribution < -0.4 is 15.0 Å². The van der Waals surface area contributed by atoms with Gasteiger partial charge in [-0.1, -0.05) is 0 Å². The molecule has 1 fully saturated rings. The Bertz CT molecular complexity index is 975. The lowest BCUT2D eigenvalue weighted by atomic mass is 10.1. The van der Waals surface area contributed by atoms with Crippen LogP contribution in [0.5, 0.6) is 5.75 Å². The molecule has 146 valence electrons. The van der Waals surface area contributed by atoms with Gasteiger partial charge in [0.2, 0.25) is 5.71 Å². The average molecular weight is 380 g/mol. The smallest absolute Gasteiger partial charge is 0.260 e. The van der Waals surface area contributed by atoms with Crippen LogP contribution in [0.1, 0.15) is 42.3 Å². The monoisotopic (exact) mass is 380 g/mol. The van der Waals surface area contributed by atoms with E-state index in [1.54, 1.807) is 6.92 Å². The maximum Gasteiger partial charge on any atom is 0.260 e. The summed E-state index contributed by atoms with van der Waals surface area (Å²) < 4.78 is 11.2. The van der Waals surface area contributed by atoms with Gasteiger partial charge in [0.05, 0.1) is 17.6 Å². The number of piperidine rings is 1. The molecule has 0 atom stereocenters. The van der Waals surface area contributed by atoms with Crippen LogP contribution >= 0.6 is 0 Å². The lowest BCUT2D eigenvalue weighted by Crippen LogP contribution is -2.30. The number of hydrogen-bond acceptors (Lipinski definition) is 6. The van der Waals surface area contributed by atoms with Crippen molar-refractivity contribution in [2.45, 2.75) is 33.1 Å². The van der Waals surface area contributed by atoms with Gasteiger partial charge in [0.1, 0.15) is 23.7 Å². The third-order valence-corrected chi connectivity index (χ3v) is 4.95. The Morgan fingerprint density at radius 3 is 2.64 bits per heavy atom. The minimum absolute atomic E-state index is 0.228. The molecule has 4 rings (SSSR count). The number of aromatic nitrogens is 2. The molecule has 7 heteroatoms. The lowest BCUT2D eigenvalue weighted by molar-refractivity contribution is 0.102. The number of furan rings is 1. The van der Waals surface area contributed by atoms with E-state index in [0.29, 0.717) is 34.7 Å². The first kappa shape index (κ1) is 18.3. The van der Waals surface area contributed by atoms with Crippen molar-refractivity contribution in [3.05, 3.63) is 41.9 Å². The van der Waals surface area contributed by atoms with Crippen molar-refractivity contribution in [1.29, 1.82) is 0 Å². The van der Waals surface area contributed by atoms with Crippen LogP contribution in [0, 0.1) is 6.92 Å². The zero-order valence-electron chi connectivity index (χ0n) is 16.2. The van der Waals surface area contributed by atoms with E-state index in [1.807, 2.05) is 31.2 Å². The summed E-state index contributed by atoms with van der Waals surface area (Å²) in [6.45, 7) is 6.18. The Morgan fingerprint density at radius 1 is 1.18 bits per heavy atom. The molecule has 1 aliphatic heterocycles. The van der Waals surface area contributed by atoms with E-state index in [-0.39, 0.29) is 5.91 Å². The summed E-state index contributed by atoms with van der Waals surface area (Å²) in [5.74, 6) is 1.86. The number of rotatable bonds is 5. The van der Waals surface area contributed by atoms with Crippen LogP contribution in [0.4, 0.5) is 11.5 Å². The Kier molecular flexibility index (Phi) is 5.14. The van der Waals surface area contributed by atoms with Gasteiger partial charge in [-0.2, -0.15) is 0 Å². The molecule has 3 heterocycles. The Morgan fingerprint density at radius 2 is 1.93 bits per heavy atom. The second-order valence-electron chi connectivity index (χ2n) is 6.87. The van der Waals surface area contributed by atoms with Crippen LogP contribution in [0.25, 0.3) is 11.1 Å². The van der Waals surface area contributed by atoms with Crippen molar-refractivity contribution >= 4 is 28.5 Å². The highest BCUT2D eigenvalue weighted by Crippen LogP contribution is 2.33. The van der Waals surface area contributed by atoms with Gasteiger partial charge in [0, 0.05) is 18.8 Å². The molecule has 1 aliphatic rings. The highest BCUT2D eigenvalue weighted by Gasteiger charge is 2.25. The van der Waals surface area contributed by atoms with Crippen molar-refractivity contribution in [2.75, 3.05) is 29.9 Å². The molecule has 7 nitrogen and oxygen atoms in total. The largest absolute Gasteiger partial charge is 0.494 e. The summed E-state index contributed by atoms with van der Waals surface area (Å²) in [6.07, 6.45) is 4.97. The number of aryl methyl sites for hydroxylation is 1. The molecule has 0 unspecified atom stereocenters. The van der Waals surface area contributed by atoms with E-state index >= 15 is 0 Å². The van der Waals surface area contributed by atoms with E-state index in [4.69, 9.17) is 9.15 Å². The Labute approximate surface area is 163 Å². The second kappa shape index (κ2) is 7.88. The van der Waals surface area contributed by atoms with Crippen LogP contribution in [-0.4, -0.2) is 35.6 Å². The van der Waals surface area contributed by atoms with Crippen LogP contribution in [0.3, 0.4) is 0 Å². The SMILES string of the molecule is CCOc1ccc(NC(=O)c2c(C)oc3ncnc(N4CCCCC4)c23)cc1. The molecule has 0 aliphatic carbocycles. The van der Waals surface area contributed by atoms with Crippen molar-refractivity contribution in [1.82, 2.24) is 9.97 Å². The fourth-order valence-electron chi connectivity index (χ4n) is 3.64. The number of carbonyl (C=O) groups excluding carboxylic acids is 1. The lowest BCUT2D eigenvalue weighted by Gasteiger charge is -2.28. The van der Waals surface area contributed by atoms with Crippen molar-refractivity contribution in [3.8, 4) is 5.75 Å².